The van der Waals surface area contributed by atoms with Crippen LogP contribution in [0.4, 0.5) is 0 Å². The largest absolute Gasteiger partial charge is 0.508 e. The van der Waals surface area contributed by atoms with E-state index in [-0.39, 0.29) is 31.2 Å². The van der Waals surface area contributed by atoms with E-state index in [2.05, 4.69) is 0 Å². The molecule has 0 saturated carbocycles. The quantitative estimate of drug-likeness (QED) is 0.239. The van der Waals surface area contributed by atoms with Crippen molar-refractivity contribution in [2.45, 2.75) is 4.75 Å². The van der Waals surface area contributed by atoms with Crippen molar-refractivity contribution >= 4 is 56.5 Å². The molecule has 0 fully saturated rings. The average molecular weight is 494 g/mol. The highest BCUT2D eigenvalue weighted by Crippen LogP contribution is 2.54. The molecule has 3 aromatic carbocycles. The molecule has 0 bridgehead atoms. The molecular weight excluding hydrogens is 482 g/mol. The molecule has 3 N–H and O–H groups in total. The minimum absolute atomic E-state index is 0.0602. The maximum absolute atomic E-state index is 13.0. The molecule has 152 valence electrons. The third-order valence-electron chi connectivity index (χ3n) is 4.40. The molecule has 0 radical (unpaired) electrons. The molecule has 10 heteroatoms. The first-order valence-electron chi connectivity index (χ1n) is 7.90. The van der Waals surface area contributed by atoms with Crippen molar-refractivity contribution in [3.63, 3.8) is 0 Å². The summed E-state index contributed by atoms with van der Waals surface area (Å²) < 4.78 is 34.0. The van der Waals surface area contributed by atoms with E-state index in [1.165, 1.54) is 36.4 Å². The topological polar surface area (TPSA) is 94.8 Å². The second-order valence-electron chi connectivity index (χ2n) is 6.05. The fraction of sp³-hybridized carbons (Fsp3) is 0.0526. The van der Waals surface area contributed by atoms with E-state index < -0.39 is 31.9 Å². The molecule has 29 heavy (non-hydrogen) atoms. The Balaban J connectivity index is 2.68. The summed E-state index contributed by atoms with van der Waals surface area (Å²) in [6.45, 7) is 0. The van der Waals surface area contributed by atoms with Crippen LogP contribution >= 0.6 is 46.4 Å². The molecule has 0 heterocycles. The average Bonchev–Trinajstić information content (AvgIpc) is 2.62. The minimum Gasteiger partial charge on any atom is -0.508 e. The lowest BCUT2D eigenvalue weighted by Gasteiger charge is -2.34. The van der Waals surface area contributed by atoms with Gasteiger partial charge in [0.15, 0.2) is 4.75 Å². The van der Waals surface area contributed by atoms with E-state index in [1.807, 2.05) is 0 Å². The molecule has 0 aliphatic carbocycles. The number of aromatic hydroxyl groups is 2. The molecule has 0 amide bonds. The van der Waals surface area contributed by atoms with Crippen molar-refractivity contribution < 1.29 is 23.2 Å². The van der Waals surface area contributed by atoms with E-state index in [4.69, 9.17) is 46.4 Å². The third-order valence-corrected chi connectivity index (χ3v) is 7.08. The first-order chi connectivity index (χ1) is 13.5. The lowest BCUT2D eigenvalue weighted by molar-refractivity contribution is 0.434. The zero-order chi connectivity index (χ0) is 21.6. The summed E-state index contributed by atoms with van der Waals surface area (Å²) in [6, 6.07) is 11.8. The number of rotatable bonds is 4. The van der Waals surface area contributed by atoms with Crippen LogP contribution < -0.4 is 0 Å². The van der Waals surface area contributed by atoms with Gasteiger partial charge in [-0.25, -0.2) is 0 Å². The van der Waals surface area contributed by atoms with Crippen LogP contribution in [-0.2, 0) is 14.9 Å². The highest BCUT2D eigenvalue weighted by atomic mass is 35.5. The van der Waals surface area contributed by atoms with Crippen LogP contribution in [0.1, 0.15) is 16.7 Å². The van der Waals surface area contributed by atoms with Gasteiger partial charge in [-0.15, -0.1) is 0 Å². The van der Waals surface area contributed by atoms with Gasteiger partial charge in [0.2, 0.25) is 0 Å². The Hall–Kier alpha value is -1.67. The van der Waals surface area contributed by atoms with Crippen LogP contribution in [0.3, 0.4) is 0 Å². The predicted molar refractivity (Wildman–Crippen MR) is 114 cm³/mol. The molecule has 0 saturated heterocycles. The number of halogens is 4. The van der Waals surface area contributed by atoms with Crippen LogP contribution in [0, 0.1) is 0 Å². The fourth-order valence-corrected chi connectivity index (χ4v) is 5.90. The van der Waals surface area contributed by atoms with E-state index >= 15 is 0 Å². The molecule has 0 aliphatic heterocycles. The molecule has 5 nitrogen and oxygen atoms in total. The zero-order valence-electron chi connectivity index (χ0n) is 14.3. The normalized spacial score (nSPS) is 13.8. The number of hydrogen-bond acceptors (Lipinski definition) is 4. The van der Waals surface area contributed by atoms with Crippen molar-refractivity contribution in [2.75, 3.05) is 0 Å². The van der Waals surface area contributed by atoms with E-state index in [1.54, 1.807) is 6.07 Å². The van der Waals surface area contributed by atoms with Gasteiger partial charge in [0, 0.05) is 37.8 Å². The minimum atomic E-state index is -5.17. The first-order valence-corrected chi connectivity index (χ1v) is 10.9. The van der Waals surface area contributed by atoms with E-state index in [9.17, 15) is 23.2 Å². The fourth-order valence-electron chi connectivity index (χ4n) is 3.24. The Kier molecular flexibility index (Phi) is 5.98. The highest BCUT2D eigenvalue weighted by Gasteiger charge is 2.53. The van der Waals surface area contributed by atoms with Crippen LogP contribution in [0.15, 0.2) is 54.6 Å². The standard InChI is InChI=1S/C19H12Cl4O5S/c20-12-5-2-1-4-10(12)19(29(26,27)28,18-13(21)6-3-7-14(18)22)11-8-17(25)15(23)9-16(11)24/h1-9,24-25H,(H,26,27,28). The van der Waals surface area contributed by atoms with E-state index in [0.29, 0.717) is 0 Å². The molecular formula is C19H12Cl4O5S. The summed E-state index contributed by atoms with van der Waals surface area (Å²) in [5.41, 5.74) is -0.836. The van der Waals surface area contributed by atoms with Crippen molar-refractivity contribution in [1.82, 2.24) is 0 Å². The van der Waals surface area contributed by atoms with Gasteiger partial charge < -0.3 is 10.2 Å². The number of benzene rings is 3. The molecule has 1 unspecified atom stereocenters. The number of hydrogen-bond donors (Lipinski definition) is 3. The van der Waals surface area contributed by atoms with Gasteiger partial charge in [-0.2, -0.15) is 8.42 Å². The second-order valence-corrected chi connectivity index (χ2v) is 9.24. The summed E-state index contributed by atoms with van der Waals surface area (Å²) in [4.78, 5) is 0. The Morgan fingerprint density at radius 2 is 1.24 bits per heavy atom. The summed E-state index contributed by atoms with van der Waals surface area (Å²) >= 11 is 24.8. The third kappa shape index (κ3) is 3.54. The second kappa shape index (κ2) is 7.87. The maximum atomic E-state index is 13.0. The summed E-state index contributed by atoms with van der Waals surface area (Å²) in [5, 5.41) is 20.2. The number of phenolic OH excluding ortho intramolecular Hbond substituents is 2. The Morgan fingerprint density at radius 3 is 1.79 bits per heavy atom. The van der Waals surface area contributed by atoms with Crippen molar-refractivity contribution in [2.24, 2.45) is 0 Å². The highest BCUT2D eigenvalue weighted by molar-refractivity contribution is 7.87. The Morgan fingerprint density at radius 1 is 0.690 bits per heavy atom. The van der Waals surface area contributed by atoms with Crippen molar-refractivity contribution in [3.8, 4) is 11.5 Å². The Labute approximate surface area is 186 Å². The molecule has 1 atom stereocenters. The van der Waals surface area contributed by atoms with E-state index in [0.717, 1.165) is 12.1 Å². The Bertz CT molecular complexity index is 1190. The van der Waals surface area contributed by atoms with Crippen molar-refractivity contribution in [3.05, 3.63) is 91.4 Å². The predicted octanol–water partition coefficient (Wildman–Crippen LogP) is 5.89. The lowest BCUT2D eigenvalue weighted by Crippen LogP contribution is -2.39. The molecule has 3 rings (SSSR count). The van der Waals surface area contributed by atoms with Crippen LogP contribution in [0.2, 0.25) is 20.1 Å². The molecule has 3 aromatic rings. The van der Waals surface area contributed by atoms with Gasteiger partial charge in [-0.05, 0) is 24.3 Å². The van der Waals surface area contributed by atoms with Gasteiger partial charge in [0.05, 0.1) is 5.02 Å². The summed E-state index contributed by atoms with van der Waals surface area (Å²) in [6.07, 6.45) is 0. The first kappa shape index (κ1) is 22.0. The molecule has 0 aliphatic rings. The summed E-state index contributed by atoms with van der Waals surface area (Å²) in [5.74, 6) is -1.18. The van der Waals surface area contributed by atoms with Crippen molar-refractivity contribution in [1.29, 1.82) is 0 Å². The maximum Gasteiger partial charge on any atom is 0.283 e. The van der Waals surface area contributed by atoms with Crippen LogP contribution in [-0.4, -0.2) is 23.2 Å². The van der Waals surface area contributed by atoms with Crippen LogP contribution in [0.5, 0.6) is 11.5 Å². The monoisotopic (exact) mass is 492 g/mol. The van der Waals surface area contributed by atoms with Crippen LogP contribution in [0.25, 0.3) is 0 Å². The number of phenols is 2. The summed E-state index contributed by atoms with van der Waals surface area (Å²) in [7, 11) is -5.17. The van der Waals surface area contributed by atoms with Gasteiger partial charge >= 0.3 is 0 Å². The molecule has 0 spiro atoms. The van der Waals surface area contributed by atoms with Gasteiger partial charge in [0.25, 0.3) is 10.1 Å². The zero-order valence-corrected chi connectivity index (χ0v) is 18.1. The lowest BCUT2D eigenvalue weighted by atomic mass is 9.83. The van der Waals surface area contributed by atoms with Gasteiger partial charge in [0.1, 0.15) is 11.5 Å². The molecule has 0 aromatic heterocycles. The smallest absolute Gasteiger partial charge is 0.283 e. The SMILES string of the molecule is O=S(=O)(O)C(c1cc(O)c(Cl)cc1O)(c1ccccc1Cl)c1c(Cl)cccc1Cl. The van der Waals surface area contributed by atoms with Gasteiger partial charge in [-0.1, -0.05) is 70.7 Å². The van der Waals surface area contributed by atoms with Gasteiger partial charge in [-0.3, -0.25) is 4.55 Å².